The summed E-state index contributed by atoms with van der Waals surface area (Å²) in [5.74, 6) is -0.629. The quantitative estimate of drug-likeness (QED) is 0.828. The van der Waals surface area contributed by atoms with Crippen LogP contribution in [-0.4, -0.2) is 26.9 Å². The molecule has 5 nitrogen and oxygen atoms in total. The van der Waals surface area contributed by atoms with E-state index in [4.69, 9.17) is 0 Å². The van der Waals surface area contributed by atoms with Gasteiger partial charge in [-0.15, -0.1) is 0 Å². The molecule has 1 fully saturated rings. The smallest absolute Gasteiger partial charge is 0.250 e. The highest BCUT2D eigenvalue weighted by atomic mass is 32.2. The zero-order valence-electron chi connectivity index (χ0n) is 9.93. The molecule has 1 atom stereocenters. The Morgan fingerprint density at radius 2 is 2.06 bits per heavy atom. The van der Waals surface area contributed by atoms with E-state index in [-0.39, 0.29) is 11.8 Å². The summed E-state index contributed by atoms with van der Waals surface area (Å²) < 4.78 is 25.7. The van der Waals surface area contributed by atoms with Gasteiger partial charge in [-0.25, -0.2) is 8.42 Å². The molecule has 0 saturated carbocycles. The van der Waals surface area contributed by atoms with E-state index in [9.17, 15) is 13.2 Å². The molecule has 98 valence electrons. The van der Waals surface area contributed by atoms with Gasteiger partial charge >= 0.3 is 0 Å². The van der Waals surface area contributed by atoms with Gasteiger partial charge in [-0.1, -0.05) is 30.3 Å². The van der Waals surface area contributed by atoms with Crippen molar-refractivity contribution in [3.8, 4) is 0 Å². The van der Waals surface area contributed by atoms with Crippen molar-refractivity contribution in [1.29, 1.82) is 0 Å². The van der Waals surface area contributed by atoms with E-state index in [1.165, 1.54) is 0 Å². The maximum Gasteiger partial charge on any atom is 0.250 e. The Morgan fingerprint density at radius 3 is 2.67 bits per heavy atom. The van der Waals surface area contributed by atoms with Crippen molar-refractivity contribution in [1.82, 2.24) is 10.0 Å². The monoisotopic (exact) mass is 268 g/mol. The standard InChI is InChI=1S/C12H16N2O3S/c15-12(11-7-4-8-13-11)14-18(16,17)9-10-5-2-1-3-6-10/h1-3,5-6,11,13H,4,7-9H2,(H,14,15)/t11-/m0/s1. The second-order valence-electron chi connectivity index (χ2n) is 4.36. The number of benzene rings is 1. The zero-order valence-corrected chi connectivity index (χ0v) is 10.7. The third-order valence-electron chi connectivity index (χ3n) is 2.83. The summed E-state index contributed by atoms with van der Waals surface area (Å²) in [5, 5.41) is 2.97. The molecule has 6 heteroatoms. The van der Waals surface area contributed by atoms with Gasteiger partial charge in [0.15, 0.2) is 0 Å². The van der Waals surface area contributed by atoms with E-state index in [1.54, 1.807) is 24.3 Å². The summed E-state index contributed by atoms with van der Waals surface area (Å²) >= 11 is 0. The predicted molar refractivity (Wildman–Crippen MR) is 68.2 cm³/mol. The molecule has 0 spiro atoms. The maximum absolute atomic E-state index is 11.8. The minimum Gasteiger partial charge on any atom is -0.306 e. The van der Waals surface area contributed by atoms with Crippen LogP contribution in [0.2, 0.25) is 0 Å². The molecular formula is C12H16N2O3S. The number of carbonyl (C=O) groups excluding carboxylic acids is 1. The van der Waals surface area contributed by atoms with E-state index in [2.05, 4.69) is 10.0 Å². The first-order chi connectivity index (χ1) is 8.57. The Kier molecular flexibility index (Phi) is 3.98. The molecule has 1 heterocycles. The van der Waals surface area contributed by atoms with Crippen LogP contribution in [0.3, 0.4) is 0 Å². The molecule has 0 aromatic heterocycles. The lowest BCUT2D eigenvalue weighted by Crippen LogP contribution is -2.43. The summed E-state index contributed by atoms with van der Waals surface area (Å²) in [6.45, 7) is 0.761. The van der Waals surface area contributed by atoms with Crippen LogP contribution in [0.1, 0.15) is 18.4 Å². The molecule has 1 aromatic carbocycles. The first-order valence-corrected chi connectivity index (χ1v) is 7.54. The second kappa shape index (κ2) is 5.49. The topological polar surface area (TPSA) is 75.3 Å². The lowest BCUT2D eigenvalue weighted by Gasteiger charge is -2.11. The van der Waals surface area contributed by atoms with Crippen LogP contribution in [0.4, 0.5) is 0 Å². The molecule has 1 aliphatic rings. The number of carbonyl (C=O) groups is 1. The highest BCUT2D eigenvalue weighted by Crippen LogP contribution is 2.07. The summed E-state index contributed by atoms with van der Waals surface area (Å²) in [4.78, 5) is 11.7. The lowest BCUT2D eigenvalue weighted by molar-refractivity contribution is -0.121. The minimum absolute atomic E-state index is 0.174. The molecular weight excluding hydrogens is 252 g/mol. The number of amides is 1. The molecule has 1 aromatic rings. The van der Waals surface area contributed by atoms with E-state index in [1.807, 2.05) is 6.07 Å². The molecule has 1 saturated heterocycles. The Morgan fingerprint density at radius 1 is 1.33 bits per heavy atom. The van der Waals surface area contributed by atoms with E-state index in [0.29, 0.717) is 12.0 Å². The third kappa shape index (κ3) is 3.54. The van der Waals surface area contributed by atoms with Crippen LogP contribution >= 0.6 is 0 Å². The molecule has 0 bridgehead atoms. The van der Waals surface area contributed by atoms with Gasteiger partial charge in [-0.3, -0.25) is 9.52 Å². The van der Waals surface area contributed by atoms with Crippen molar-refractivity contribution < 1.29 is 13.2 Å². The fourth-order valence-electron chi connectivity index (χ4n) is 1.96. The first-order valence-electron chi connectivity index (χ1n) is 5.88. The summed E-state index contributed by atoms with van der Waals surface area (Å²) in [5.41, 5.74) is 0.664. The number of hydrogen-bond acceptors (Lipinski definition) is 4. The Hall–Kier alpha value is -1.40. The van der Waals surface area contributed by atoms with Gasteiger partial charge in [-0.05, 0) is 24.9 Å². The second-order valence-corrected chi connectivity index (χ2v) is 6.08. The first kappa shape index (κ1) is 13.0. The number of rotatable bonds is 4. The van der Waals surface area contributed by atoms with Crippen molar-refractivity contribution in [2.45, 2.75) is 24.6 Å². The van der Waals surface area contributed by atoms with Crippen molar-refractivity contribution in [2.24, 2.45) is 0 Å². The summed E-state index contributed by atoms with van der Waals surface area (Å²) in [6, 6.07) is 8.42. The van der Waals surface area contributed by atoms with E-state index < -0.39 is 15.9 Å². The van der Waals surface area contributed by atoms with Crippen molar-refractivity contribution in [3.63, 3.8) is 0 Å². The molecule has 1 amide bonds. The normalized spacial score (nSPS) is 19.7. The average Bonchev–Trinajstić information content (AvgIpc) is 2.82. The van der Waals surface area contributed by atoms with Gasteiger partial charge in [0.05, 0.1) is 11.8 Å². The van der Waals surface area contributed by atoms with Gasteiger partial charge in [0.25, 0.3) is 5.91 Å². The summed E-state index contributed by atoms with van der Waals surface area (Å²) in [6.07, 6.45) is 1.59. The maximum atomic E-state index is 11.8. The van der Waals surface area contributed by atoms with Gasteiger partial charge in [0.2, 0.25) is 10.0 Å². The van der Waals surface area contributed by atoms with Crippen LogP contribution in [0.5, 0.6) is 0 Å². The SMILES string of the molecule is O=C(NS(=O)(=O)Cc1ccccc1)[C@@H]1CCCN1. The van der Waals surface area contributed by atoms with Crippen LogP contribution < -0.4 is 10.0 Å². The average molecular weight is 268 g/mol. The Labute approximate surface area is 107 Å². The van der Waals surface area contributed by atoms with Gasteiger partial charge < -0.3 is 5.32 Å². The van der Waals surface area contributed by atoms with Crippen molar-refractivity contribution >= 4 is 15.9 Å². The Bertz CT molecular complexity index is 507. The predicted octanol–water partition coefficient (Wildman–Crippen LogP) is 0.385. The highest BCUT2D eigenvalue weighted by Gasteiger charge is 2.25. The lowest BCUT2D eigenvalue weighted by atomic mass is 10.2. The number of nitrogens with one attached hydrogen (secondary N) is 2. The van der Waals surface area contributed by atoms with Crippen LogP contribution in [0.15, 0.2) is 30.3 Å². The minimum atomic E-state index is -3.61. The molecule has 2 N–H and O–H groups in total. The van der Waals surface area contributed by atoms with Crippen LogP contribution in [0, 0.1) is 0 Å². The zero-order chi connectivity index (χ0) is 13.0. The molecule has 1 aliphatic heterocycles. The number of sulfonamides is 1. The molecule has 18 heavy (non-hydrogen) atoms. The van der Waals surface area contributed by atoms with Crippen LogP contribution in [-0.2, 0) is 20.6 Å². The van der Waals surface area contributed by atoms with Gasteiger partial charge in [-0.2, -0.15) is 0 Å². The molecule has 0 aliphatic carbocycles. The van der Waals surface area contributed by atoms with Gasteiger partial charge in [0, 0.05) is 0 Å². The molecule has 0 radical (unpaired) electrons. The fraction of sp³-hybridized carbons (Fsp3) is 0.417. The van der Waals surface area contributed by atoms with Crippen molar-refractivity contribution in [3.05, 3.63) is 35.9 Å². The van der Waals surface area contributed by atoms with E-state index >= 15 is 0 Å². The van der Waals surface area contributed by atoms with Crippen LogP contribution in [0.25, 0.3) is 0 Å². The largest absolute Gasteiger partial charge is 0.306 e. The highest BCUT2D eigenvalue weighted by molar-refractivity contribution is 7.89. The van der Waals surface area contributed by atoms with Gasteiger partial charge in [0.1, 0.15) is 0 Å². The third-order valence-corrected chi connectivity index (χ3v) is 4.06. The Balaban J connectivity index is 1.97. The van der Waals surface area contributed by atoms with Crippen molar-refractivity contribution in [2.75, 3.05) is 6.54 Å². The van der Waals surface area contributed by atoms with E-state index in [0.717, 1.165) is 13.0 Å². The summed E-state index contributed by atoms with van der Waals surface area (Å²) in [7, 11) is -3.61. The molecule has 0 unspecified atom stereocenters. The fourth-order valence-corrected chi connectivity index (χ4v) is 3.11. The number of hydrogen-bond donors (Lipinski definition) is 2. The molecule has 2 rings (SSSR count).